The van der Waals surface area contributed by atoms with Gasteiger partial charge in [-0.25, -0.2) is 4.39 Å². The molecule has 0 saturated carbocycles. The maximum atomic E-state index is 14.3. The molecule has 0 aromatic carbocycles. The summed E-state index contributed by atoms with van der Waals surface area (Å²) >= 11 is 6.24. The van der Waals surface area contributed by atoms with Crippen LogP contribution in [0.15, 0.2) is 0 Å². The Bertz CT molecular complexity index is 399. The van der Waals surface area contributed by atoms with E-state index >= 15 is 0 Å². The van der Waals surface area contributed by atoms with Crippen molar-refractivity contribution in [2.75, 3.05) is 6.54 Å². The van der Waals surface area contributed by atoms with Crippen molar-refractivity contribution in [3.8, 4) is 0 Å². The van der Waals surface area contributed by atoms with Gasteiger partial charge in [-0.05, 0) is 25.8 Å². The fourth-order valence-electron chi connectivity index (χ4n) is 2.56. The molecule has 2 heterocycles. The van der Waals surface area contributed by atoms with Gasteiger partial charge in [0.05, 0.1) is 16.4 Å². The van der Waals surface area contributed by atoms with Crippen LogP contribution in [-0.2, 0) is 19.9 Å². The molecule has 18 heavy (non-hydrogen) atoms. The summed E-state index contributed by atoms with van der Waals surface area (Å²) in [4.78, 5) is 0. The summed E-state index contributed by atoms with van der Waals surface area (Å²) in [7, 11) is 1.83. The fourth-order valence-corrected chi connectivity index (χ4v) is 2.93. The number of alkyl halides is 1. The highest BCUT2D eigenvalue weighted by molar-refractivity contribution is 6.31. The summed E-state index contributed by atoms with van der Waals surface area (Å²) < 4.78 is 16.0. The molecule has 3 nitrogen and oxygen atoms in total. The van der Waals surface area contributed by atoms with Crippen LogP contribution >= 0.6 is 11.6 Å². The Labute approximate surface area is 113 Å². The van der Waals surface area contributed by atoms with Gasteiger partial charge in [-0.2, -0.15) is 5.10 Å². The van der Waals surface area contributed by atoms with Crippen molar-refractivity contribution in [1.82, 2.24) is 15.1 Å². The average molecular weight is 274 g/mol. The molecule has 1 aliphatic rings. The summed E-state index contributed by atoms with van der Waals surface area (Å²) in [5, 5.41) is 8.21. The summed E-state index contributed by atoms with van der Waals surface area (Å²) in [5.74, 6) is 0. The van der Waals surface area contributed by atoms with E-state index < -0.39 is 6.17 Å². The predicted molar refractivity (Wildman–Crippen MR) is 71.8 cm³/mol. The smallest absolute Gasteiger partial charge is 0.121 e. The van der Waals surface area contributed by atoms with Crippen LogP contribution in [0.2, 0.25) is 5.02 Å². The van der Waals surface area contributed by atoms with Crippen molar-refractivity contribution >= 4 is 11.6 Å². The van der Waals surface area contributed by atoms with Gasteiger partial charge in [0, 0.05) is 19.5 Å². The van der Waals surface area contributed by atoms with Gasteiger partial charge in [-0.15, -0.1) is 0 Å². The van der Waals surface area contributed by atoms with Crippen molar-refractivity contribution in [3.63, 3.8) is 0 Å². The zero-order chi connectivity index (χ0) is 13.1. The highest BCUT2D eigenvalue weighted by Gasteiger charge is 2.25. The molecule has 1 aliphatic heterocycles. The van der Waals surface area contributed by atoms with Gasteiger partial charge in [-0.3, -0.25) is 4.68 Å². The molecule has 0 bridgehead atoms. The van der Waals surface area contributed by atoms with E-state index in [9.17, 15) is 4.39 Å². The molecule has 0 aliphatic carbocycles. The highest BCUT2D eigenvalue weighted by Crippen LogP contribution is 2.24. The number of nitrogens with one attached hydrogen (secondary N) is 1. The minimum absolute atomic E-state index is 0.0326. The molecule has 1 aromatic rings. The van der Waals surface area contributed by atoms with E-state index in [1.807, 2.05) is 14.0 Å². The molecular formula is C13H21ClFN3. The molecule has 1 fully saturated rings. The van der Waals surface area contributed by atoms with E-state index in [1.54, 1.807) is 4.68 Å². The quantitative estimate of drug-likeness (QED) is 0.914. The van der Waals surface area contributed by atoms with Gasteiger partial charge in [0.2, 0.25) is 0 Å². The zero-order valence-corrected chi connectivity index (χ0v) is 11.8. The molecule has 0 spiro atoms. The van der Waals surface area contributed by atoms with Crippen molar-refractivity contribution in [2.45, 2.75) is 51.2 Å². The number of rotatable bonds is 4. The number of nitrogens with zero attached hydrogens (tertiary/aromatic N) is 2. The number of piperidine rings is 1. The van der Waals surface area contributed by atoms with Crippen LogP contribution in [0.3, 0.4) is 0 Å². The van der Waals surface area contributed by atoms with Crippen molar-refractivity contribution < 1.29 is 4.39 Å². The molecule has 2 unspecified atom stereocenters. The predicted octanol–water partition coefficient (Wildman–Crippen LogP) is 2.66. The van der Waals surface area contributed by atoms with Crippen LogP contribution in [0.25, 0.3) is 0 Å². The van der Waals surface area contributed by atoms with Gasteiger partial charge < -0.3 is 5.32 Å². The first-order chi connectivity index (χ1) is 8.63. The summed E-state index contributed by atoms with van der Waals surface area (Å²) in [6, 6.07) is -0.0326. The van der Waals surface area contributed by atoms with Crippen LogP contribution in [0, 0.1) is 0 Å². The Morgan fingerprint density at radius 2 is 2.33 bits per heavy atom. The van der Waals surface area contributed by atoms with Gasteiger partial charge in [0.25, 0.3) is 0 Å². The van der Waals surface area contributed by atoms with Gasteiger partial charge in [0.1, 0.15) is 6.17 Å². The average Bonchev–Trinajstić information content (AvgIpc) is 2.67. The molecule has 1 saturated heterocycles. The van der Waals surface area contributed by atoms with Crippen molar-refractivity contribution in [2.24, 2.45) is 7.05 Å². The Morgan fingerprint density at radius 3 is 2.89 bits per heavy atom. The normalized spacial score (nSPS) is 22.1. The third-order valence-electron chi connectivity index (χ3n) is 3.68. The van der Waals surface area contributed by atoms with Crippen LogP contribution in [-0.4, -0.2) is 28.5 Å². The van der Waals surface area contributed by atoms with E-state index in [2.05, 4.69) is 10.4 Å². The number of halogens is 2. The number of hydrogen-bond acceptors (Lipinski definition) is 2. The van der Waals surface area contributed by atoms with Crippen LogP contribution in [0.4, 0.5) is 4.39 Å². The second-order valence-electron chi connectivity index (χ2n) is 4.96. The molecule has 2 atom stereocenters. The Hall–Kier alpha value is -0.610. The molecule has 5 heteroatoms. The zero-order valence-electron chi connectivity index (χ0n) is 11.0. The first-order valence-electron chi connectivity index (χ1n) is 6.71. The molecule has 0 radical (unpaired) electrons. The lowest BCUT2D eigenvalue weighted by atomic mass is 9.98. The number of hydrogen-bond donors (Lipinski definition) is 1. The Balaban J connectivity index is 2.06. The number of aromatic nitrogens is 2. The minimum Gasteiger partial charge on any atom is -0.311 e. The van der Waals surface area contributed by atoms with Crippen molar-refractivity contribution in [1.29, 1.82) is 0 Å². The second kappa shape index (κ2) is 6.02. The summed E-state index contributed by atoms with van der Waals surface area (Å²) in [6.07, 6.45) is 3.42. The summed E-state index contributed by atoms with van der Waals surface area (Å²) in [6.45, 7) is 2.93. The van der Waals surface area contributed by atoms with Crippen LogP contribution in [0.5, 0.6) is 0 Å². The lowest BCUT2D eigenvalue weighted by Gasteiger charge is -2.26. The topological polar surface area (TPSA) is 29.9 Å². The third-order valence-corrected chi connectivity index (χ3v) is 4.11. The van der Waals surface area contributed by atoms with Crippen molar-refractivity contribution in [3.05, 3.63) is 16.4 Å². The third kappa shape index (κ3) is 2.86. The maximum absolute atomic E-state index is 14.3. The van der Waals surface area contributed by atoms with E-state index in [4.69, 9.17) is 11.6 Å². The standard InChI is InChI=1S/C13H21ClFN3/c1-3-10-13(14)12(18(2)17-10)8-9(15)11-6-4-5-7-16-11/h9,11,16H,3-8H2,1-2H3. The van der Waals surface area contributed by atoms with Gasteiger partial charge in [-0.1, -0.05) is 24.9 Å². The molecule has 102 valence electrons. The molecule has 0 amide bonds. The van der Waals surface area contributed by atoms with E-state index in [0.717, 1.165) is 43.6 Å². The maximum Gasteiger partial charge on any atom is 0.121 e. The molecule has 1 N–H and O–H groups in total. The van der Waals surface area contributed by atoms with E-state index in [1.165, 1.54) is 0 Å². The Kier molecular flexibility index (Phi) is 4.62. The molecular weight excluding hydrogens is 253 g/mol. The monoisotopic (exact) mass is 273 g/mol. The van der Waals surface area contributed by atoms with Crippen LogP contribution in [0.1, 0.15) is 37.6 Å². The lowest BCUT2D eigenvalue weighted by molar-refractivity contribution is 0.214. The van der Waals surface area contributed by atoms with E-state index in [0.29, 0.717) is 11.4 Å². The highest BCUT2D eigenvalue weighted by atomic mass is 35.5. The summed E-state index contributed by atoms with van der Waals surface area (Å²) in [5.41, 5.74) is 1.67. The fraction of sp³-hybridized carbons (Fsp3) is 0.769. The van der Waals surface area contributed by atoms with Crippen LogP contribution < -0.4 is 5.32 Å². The second-order valence-corrected chi connectivity index (χ2v) is 5.34. The van der Waals surface area contributed by atoms with Gasteiger partial charge in [0.15, 0.2) is 0 Å². The Morgan fingerprint density at radius 1 is 1.56 bits per heavy atom. The SMILES string of the molecule is CCc1nn(C)c(CC(F)C2CCCCN2)c1Cl. The number of aryl methyl sites for hydroxylation is 2. The largest absolute Gasteiger partial charge is 0.311 e. The molecule has 2 rings (SSSR count). The van der Waals surface area contributed by atoms with E-state index in [-0.39, 0.29) is 6.04 Å². The van der Waals surface area contributed by atoms with Gasteiger partial charge >= 0.3 is 0 Å². The molecule has 1 aromatic heterocycles. The first kappa shape index (κ1) is 13.8. The first-order valence-corrected chi connectivity index (χ1v) is 7.09. The minimum atomic E-state index is -0.886. The lowest BCUT2D eigenvalue weighted by Crippen LogP contribution is -2.42.